The van der Waals surface area contributed by atoms with Crippen LogP contribution in [0, 0.1) is 20.8 Å². The van der Waals surface area contributed by atoms with Crippen LogP contribution in [0.3, 0.4) is 0 Å². The van der Waals surface area contributed by atoms with Crippen molar-refractivity contribution in [2.75, 3.05) is 23.9 Å². The van der Waals surface area contributed by atoms with Crippen molar-refractivity contribution in [1.82, 2.24) is 0 Å². The number of carbonyl (C=O) groups excluding carboxylic acids is 2. The first-order chi connectivity index (χ1) is 17.2. The van der Waals surface area contributed by atoms with Crippen LogP contribution in [0.25, 0.3) is 6.08 Å². The summed E-state index contributed by atoms with van der Waals surface area (Å²) in [5.74, 6) is 0.444. The van der Waals surface area contributed by atoms with E-state index < -0.39 is 0 Å². The summed E-state index contributed by atoms with van der Waals surface area (Å²) in [7, 11) is 1.53. The Hall–Kier alpha value is -3.62. The summed E-state index contributed by atoms with van der Waals surface area (Å²) in [6, 6.07) is 18.7. The lowest BCUT2D eigenvalue weighted by molar-refractivity contribution is -0.118. The van der Waals surface area contributed by atoms with Crippen LogP contribution in [-0.4, -0.2) is 29.9 Å². The summed E-state index contributed by atoms with van der Waals surface area (Å²) in [5.41, 5.74) is 5.42. The summed E-state index contributed by atoms with van der Waals surface area (Å²) in [5, 5.41) is 2.81. The van der Waals surface area contributed by atoms with Gasteiger partial charge in [0, 0.05) is 5.69 Å². The largest absolute Gasteiger partial charge is 0.493 e. The number of methoxy groups -OCH3 is 1. The molecule has 0 saturated carbocycles. The second-order valence-corrected chi connectivity index (χ2v) is 10.1. The molecule has 3 aromatic rings. The molecule has 36 heavy (non-hydrogen) atoms. The van der Waals surface area contributed by atoms with Crippen molar-refractivity contribution in [2.24, 2.45) is 0 Å². The van der Waals surface area contributed by atoms with E-state index in [9.17, 15) is 9.59 Å². The topological polar surface area (TPSA) is 67.9 Å². The number of thioether (sulfide) groups is 1. The number of ether oxygens (including phenoxy) is 2. The molecule has 4 rings (SSSR count). The van der Waals surface area contributed by atoms with Crippen molar-refractivity contribution in [3.05, 3.63) is 87.8 Å². The maximum atomic E-state index is 13.2. The number of amides is 2. The highest BCUT2D eigenvalue weighted by Crippen LogP contribution is 2.38. The molecule has 0 aliphatic carbocycles. The highest BCUT2D eigenvalue weighted by Gasteiger charge is 2.34. The zero-order chi connectivity index (χ0) is 25.8. The SMILES string of the molecule is COc1cc(/C=C2\SC(=S)N(c3ccc(C)cc3C)C2=O)ccc1OCC(=O)Nc1cccc(C)c1. The number of nitrogens with zero attached hydrogens (tertiary/aromatic N) is 1. The molecule has 0 atom stereocenters. The highest BCUT2D eigenvalue weighted by atomic mass is 32.2. The first kappa shape index (κ1) is 25.5. The fourth-order valence-corrected chi connectivity index (χ4v) is 5.12. The molecule has 0 spiro atoms. The van der Waals surface area contributed by atoms with Crippen molar-refractivity contribution in [3.63, 3.8) is 0 Å². The number of benzene rings is 3. The molecule has 184 valence electrons. The minimum Gasteiger partial charge on any atom is -0.493 e. The third kappa shape index (κ3) is 5.78. The molecular weight excluding hydrogens is 492 g/mol. The van der Waals surface area contributed by atoms with Crippen LogP contribution in [0.15, 0.2) is 65.6 Å². The van der Waals surface area contributed by atoms with Crippen LogP contribution in [0.5, 0.6) is 11.5 Å². The lowest BCUT2D eigenvalue weighted by Gasteiger charge is -2.17. The van der Waals surface area contributed by atoms with E-state index in [1.54, 1.807) is 29.2 Å². The van der Waals surface area contributed by atoms with Gasteiger partial charge in [0.05, 0.1) is 17.7 Å². The van der Waals surface area contributed by atoms with E-state index in [0.717, 1.165) is 27.9 Å². The van der Waals surface area contributed by atoms with Gasteiger partial charge < -0.3 is 14.8 Å². The van der Waals surface area contributed by atoms with Crippen LogP contribution in [0.1, 0.15) is 22.3 Å². The molecule has 1 N–H and O–H groups in total. The molecule has 1 saturated heterocycles. The van der Waals surface area contributed by atoms with Gasteiger partial charge in [-0.15, -0.1) is 0 Å². The second kappa shape index (κ2) is 11.0. The summed E-state index contributed by atoms with van der Waals surface area (Å²) in [6.07, 6.45) is 1.78. The lowest BCUT2D eigenvalue weighted by atomic mass is 10.1. The Morgan fingerprint density at radius 3 is 2.53 bits per heavy atom. The average molecular weight is 519 g/mol. The van der Waals surface area contributed by atoms with Crippen LogP contribution in [0.2, 0.25) is 0 Å². The quantitative estimate of drug-likeness (QED) is 0.304. The summed E-state index contributed by atoms with van der Waals surface area (Å²) in [4.78, 5) is 27.6. The van der Waals surface area contributed by atoms with E-state index in [-0.39, 0.29) is 18.4 Å². The predicted octanol–water partition coefficient (Wildman–Crippen LogP) is 6.04. The zero-order valence-electron chi connectivity index (χ0n) is 20.5. The maximum Gasteiger partial charge on any atom is 0.270 e. The minimum absolute atomic E-state index is 0.163. The van der Waals surface area contributed by atoms with Gasteiger partial charge in [0.25, 0.3) is 11.8 Å². The fraction of sp³-hybridized carbons (Fsp3) is 0.179. The van der Waals surface area contributed by atoms with E-state index in [0.29, 0.717) is 26.4 Å². The normalized spacial score (nSPS) is 14.3. The predicted molar refractivity (Wildman–Crippen MR) is 150 cm³/mol. The Balaban J connectivity index is 1.47. The highest BCUT2D eigenvalue weighted by molar-refractivity contribution is 8.27. The first-order valence-corrected chi connectivity index (χ1v) is 12.5. The van der Waals surface area contributed by atoms with Crippen LogP contribution in [0.4, 0.5) is 11.4 Å². The van der Waals surface area contributed by atoms with Gasteiger partial charge in [-0.3, -0.25) is 14.5 Å². The summed E-state index contributed by atoms with van der Waals surface area (Å²) < 4.78 is 11.7. The molecule has 3 aromatic carbocycles. The zero-order valence-corrected chi connectivity index (χ0v) is 22.1. The Morgan fingerprint density at radius 2 is 1.81 bits per heavy atom. The van der Waals surface area contributed by atoms with Gasteiger partial charge in [-0.25, -0.2) is 0 Å². The third-order valence-electron chi connectivity index (χ3n) is 5.53. The first-order valence-electron chi connectivity index (χ1n) is 11.3. The van der Waals surface area contributed by atoms with E-state index in [1.807, 2.05) is 63.2 Å². The molecule has 6 nitrogen and oxygen atoms in total. The number of carbonyl (C=O) groups is 2. The number of aryl methyl sites for hydroxylation is 3. The van der Waals surface area contributed by atoms with Gasteiger partial charge >= 0.3 is 0 Å². The van der Waals surface area contributed by atoms with Crippen molar-refractivity contribution in [3.8, 4) is 11.5 Å². The molecule has 1 heterocycles. The molecule has 0 aromatic heterocycles. The van der Waals surface area contributed by atoms with Crippen LogP contribution < -0.4 is 19.7 Å². The molecule has 8 heteroatoms. The molecule has 0 radical (unpaired) electrons. The van der Waals surface area contributed by atoms with Crippen molar-refractivity contribution in [1.29, 1.82) is 0 Å². The van der Waals surface area contributed by atoms with Crippen molar-refractivity contribution in [2.45, 2.75) is 20.8 Å². The number of anilines is 2. The van der Waals surface area contributed by atoms with E-state index in [1.165, 1.54) is 18.9 Å². The Kier molecular flexibility index (Phi) is 7.76. The van der Waals surface area contributed by atoms with E-state index in [4.69, 9.17) is 21.7 Å². The number of hydrogen-bond donors (Lipinski definition) is 1. The number of rotatable bonds is 7. The smallest absolute Gasteiger partial charge is 0.270 e. The van der Waals surface area contributed by atoms with Crippen LogP contribution in [-0.2, 0) is 9.59 Å². The average Bonchev–Trinajstić information content (AvgIpc) is 3.10. The minimum atomic E-state index is -0.276. The van der Waals surface area contributed by atoms with Gasteiger partial charge in [-0.1, -0.05) is 59.9 Å². The summed E-state index contributed by atoms with van der Waals surface area (Å²) in [6.45, 7) is 5.77. The Morgan fingerprint density at radius 1 is 1.03 bits per heavy atom. The molecule has 0 bridgehead atoms. The monoisotopic (exact) mass is 518 g/mol. The number of nitrogens with one attached hydrogen (secondary N) is 1. The Labute approximate surface area is 220 Å². The maximum absolute atomic E-state index is 13.2. The molecule has 2 amide bonds. The van der Waals surface area contributed by atoms with Gasteiger partial charge in [-0.2, -0.15) is 0 Å². The summed E-state index contributed by atoms with van der Waals surface area (Å²) >= 11 is 6.77. The number of hydrogen-bond acceptors (Lipinski definition) is 6. The molecular formula is C28H26N2O4S2. The molecule has 1 fully saturated rings. The van der Waals surface area contributed by atoms with Gasteiger partial charge in [0.2, 0.25) is 0 Å². The molecule has 0 unspecified atom stereocenters. The molecule has 1 aliphatic rings. The van der Waals surface area contributed by atoms with Gasteiger partial charge in [0.15, 0.2) is 22.4 Å². The van der Waals surface area contributed by atoms with Crippen molar-refractivity contribution < 1.29 is 19.1 Å². The third-order valence-corrected chi connectivity index (χ3v) is 6.84. The van der Waals surface area contributed by atoms with E-state index in [2.05, 4.69) is 5.32 Å². The standard InChI is InChI=1S/C28H26N2O4S2/c1-17-6-5-7-21(13-17)29-26(31)16-34-23-11-9-20(14-24(23)33-4)15-25-27(32)30(28(35)36-25)22-10-8-18(2)12-19(22)3/h5-15H,16H2,1-4H3,(H,29,31)/b25-15-. The lowest BCUT2D eigenvalue weighted by Crippen LogP contribution is -2.28. The second-order valence-electron chi connectivity index (χ2n) is 8.42. The van der Waals surface area contributed by atoms with Gasteiger partial charge in [-0.05, 0) is 73.9 Å². The van der Waals surface area contributed by atoms with Gasteiger partial charge in [0.1, 0.15) is 0 Å². The van der Waals surface area contributed by atoms with Crippen molar-refractivity contribution >= 4 is 57.6 Å². The fourth-order valence-electron chi connectivity index (χ4n) is 3.84. The Bertz CT molecular complexity index is 1380. The van der Waals surface area contributed by atoms with Crippen LogP contribution >= 0.6 is 24.0 Å². The number of thiocarbonyl (C=S) groups is 1. The van der Waals surface area contributed by atoms with E-state index >= 15 is 0 Å². The molecule has 1 aliphatic heterocycles.